The average molecular weight is 441 g/mol. The third kappa shape index (κ3) is 1.86. The maximum absolute atomic E-state index is 14.1. The Balaban J connectivity index is 1.58. The number of rotatable bonds is 1. The fraction of sp³-hybridized carbons (Fsp3) is 0.692. The Hall–Kier alpha value is -1.92. The van der Waals surface area contributed by atoms with Gasteiger partial charge in [0.05, 0.1) is 30.1 Å². The van der Waals surface area contributed by atoms with Gasteiger partial charge in [-0.25, -0.2) is 0 Å². The lowest BCUT2D eigenvalue weighted by atomic mass is 9.38. The first-order chi connectivity index (χ1) is 14.9. The number of Topliss-reactive ketones (excluding diaryl/α,β-unsaturated/α-hetero) is 2. The molecule has 2 heterocycles. The van der Waals surface area contributed by atoms with Gasteiger partial charge in [-0.05, 0) is 63.2 Å². The molecule has 0 aromatic carbocycles. The smallest absolute Gasteiger partial charge is 0.206 e. The lowest BCUT2D eigenvalue weighted by Crippen LogP contribution is -2.70. The highest BCUT2D eigenvalue weighted by Crippen LogP contribution is 2.81. The van der Waals surface area contributed by atoms with Crippen molar-refractivity contribution in [3.8, 4) is 0 Å². The minimum atomic E-state index is -1.08. The second kappa shape index (κ2) is 5.58. The van der Waals surface area contributed by atoms with Crippen LogP contribution in [0.3, 0.4) is 0 Å². The molecular formula is C26H32O6. The molecule has 32 heavy (non-hydrogen) atoms. The zero-order chi connectivity index (χ0) is 23.1. The highest BCUT2D eigenvalue weighted by molar-refractivity contribution is 6.04. The van der Waals surface area contributed by atoms with E-state index in [1.807, 2.05) is 19.9 Å². The first-order valence-electron chi connectivity index (χ1n) is 11.8. The van der Waals surface area contributed by atoms with Crippen molar-refractivity contribution in [2.24, 2.45) is 27.6 Å². The Bertz CT molecular complexity index is 1080. The number of carbonyl (C=O) groups excluding carboxylic acids is 2. The van der Waals surface area contributed by atoms with Crippen molar-refractivity contribution in [3.05, 3.63) is 35.5 Å². The van der Waals surface area contributed by atoms with Crippen molar-refractivity contribution < 1.29 is 29.0 Å². The molecule has 1 spiro atoms. The molecule has 0 radical (unpaired) electrons. The molecule has 172 valence electrons. The van der Waals surface area contributed by atoms with E-state index in [1.54, 1.807) is 26.4 Å². The summed E-state index contributed by atoms with van der Waals surface area (Å²) in [5.41, 5.74) is -2.34. The number of epoxide rings is 1. The molecule has 4 fully saturated rings. The van der Waals surface area contributed by atoms with Crippen molar-refractivity contribution in [2.45, 2.75) is 84.0 Å². The summed E-state index contributed by atoms with van der Waals surface area (Å²) in [4.78, 5) is 26.9. The van der Waals surface area contributed by atoms with Crippen LogP contribution in [-0.4, -0.2) is 39.6 Å². The van der Waals surface area contributed by atoms with E-state index in [0.717, 1.165) is 12.0 Å². The zero-order valence-electron chi connectivity index (χ0n) is 19.4. The minimum Gasteiger partial charge on any atom is -0.504 e. The number of aliphatic hydroxyl groups excluding tert-OH is 2. The number of hydrogen-bond acceptors (Lipinski definition) is 6. The molecule has 1 aromatic rings. The molecule has 6 rings (SSSR count). The summed E-state index contributed by atoms with van der Waals surface area (Å²) in [6, 6.07) is 1.96. The van der Waals surface area contributed by atoms with Gasteiger partial charge >= 0.3 is 0 Å². The van der Waals surface area contributed by atoms with Crippen molar-refractivity contribution in [2.75, 3.05) is 0 Å². The molecule has 0 unspecified atom stereocenters. The minimum absolute atomic E-state index is 0.0302. The highest BCUT2D eigenvalue weighted by Gasteiger charge is 2.88. The second-order valence-corrected chi connectivity index (χ2v) is 12.1. The Labute approximate surface area is 188 Å². The first kappa shape index (κ1) is 20.7. The molecule has 8 atom stereocenters. The molecule has 4 aliphatic carbocycles. The summed E-state index contributed by atoms with van der Waals surface area (Å²) < 4.78 is 11.8. The maximum Gasteiger partial charge on any atom is 0.206 e. The van der Waals surface area contributed by atoms with Gasteiger partial charge in [0, 0.05) is 28.6 Å². The van der Waals surface area contributed by atoms with Crippen molar-refractivity contribution in [1.82, 2.24) is 0 Å². The summed E-state index contributed by atoms with van der Waals surface area (Å²) in [7, 11) is 0. The lowest BCUT2D eigenvalue weighted by molar-refractivity contribution is -0.195. The standard InChI is InChI=1S/C26H32O6/c1-22(2)16(28)6-8-23(3)19-15(27)11-24(4)14(13-7-9-31-12-13)10-17-26(24,32-17)25(19,5)21(30)18(29)20(22)23/h7,9,12,14-15,17,19,27,29H,6,8,10-11H2,1-5H3/t14-,15-,17+,19+,23+,24-,25-,26+/m0/s1. The number of aliphatic hydroxyl groups is 2. The summed E-state index contributed by atoms with van der Waals surface area (Å²) >= 11 is 0. The third-order valence-electron chi connectivity index (χ3n) is 10.5. The van der Waals surface area contributed by atoms with Gasteiger partial charge in [0.1, 0.15) is 11.4 Å². The third-order valence-corrected chi connectivity index (χ3v) is 10.5. The number of allylic oxidation sites excluding steroid dienone is 2. The fourth-order valence-electron chi connectivity index (χ4n) is 9.40. The molecule has 3 saturated carbocycles. The zero-order valence-corrected chi connectivity index (χ0v) is 19.4. The number of ether oxygens (including phenoxy) is 1. The van der Waals surface area contributed by atoms with Crippen molar-refractivity contribution in [3.63, 3.8) is 0 Å². The fourth-order valence-corrected chi connectivity index (χ4v) is 9.40. The van der Waals surface area contributed by atoms with Crippen LogP contribution in [0.15, 0.2) is 34.3 Å². The van der Waals surface area contributed by atoms with Gasteiger partial charge in [0.2, 0.25) is 5.78 Å². The van der Waals surface area contributed by atoms with Crippen molar-refractivity contribution >= 4 is 11.6 Å². The molecule has 0 amide bonds. The van der Waals surface area contributed by atoms with Crippen LogP contribution in [0.1, 0.15) is 71.8 Å². The van der Waals surface area contributed by atoms with Gasteiger partial charge in [-0.15, -0.1) is 0 Å². The maximum atomic E-state index is 14.1. The van der Waals surface area contributed by atoms with E-state index in [9.17, 15) is 19.8 Å². The quantitative estimate of drug-likeness (QED) is 0.638. The molecule has 5 aliphatic rings. The Morgan fingerprint density at radius 2 is 1.84 bits per heavy atom. The normalized spacial score (nSPS) is 51.1. The molecule has 6 nitrogen and oxygen atoms in total. The van der Waals surface area contributed by atoms with Crippen molar-refractivity contribution in [1.29, 1.82) is 0 Å². The van der Waals surface area contributed by atoms with Crippen LogP contribution in [0.4, 0.5) is 0 Å². The molecule has 1 aromatic heterocycles. The predicted octanol–water partition coefficient (Wildman–Crippen LogP) is 4.09. The second-order valence-electron chi connectivity index (χ2n) is 12.1. The highest BCUT2D eigenvalue weighted by atomic mass is 16.6. The average Bonchev–Trinajstić information content (AvgIpc) is 3.08. The Morgan fingerprint density at radius 1 is 1.12 bits per heavy atom. The number of furan rings is 1. The van der Waals surface area contributed by atoms with Gasteiger partial charge in [0.25, 0.3) is 0 Å². The molecule has 1 saturated heterocycles. The van der Waals surface area contributed by atoms with Crippen LogP contribution in [-0.2, 0) is 14.3 Å². The van der Waals surface area contributed by atoms with Gasteiger partial charge in [-0.3, -0.25) is 9.59 Å². The molecular weight excluding hydrogens is 408 g/mol. The van der Waals surface area contributed by atoms with E-state index in [1.165, 1.54) is 0 Å². The molecule has 0 bridgehead atoms. The van der Waals surface area contributed by atoms with Crippen LogP contribution < -0.4 is 0 Å². The van der Waals surface area contributed by atoms with E-state index in [2.05, 4.69) is 6.92 Å². The van der Waals surface area contributed by atoms with Crippen LogP contribution >= 0.6 is 0 Å². The summed E-state index contributed by atoms with van der Waals surface area (Å²) in [6.45, 7) is 9.66. The molecule has 1 aliphatic heterocycles. The van der Waals surface area contributed by atoms with E-state index in [0.29, 0.717) is 24.8 Å². The van der Waals surface area contributed by atoms with E-state index >= 15 is 0 Å². The molecule has 6 heteroatoms. The first-order valence-corrected chi connectivity index (χ1v) is 11.8. The van der Waals surface area contributed by atoms with Gasteiger partial charge in [-0.2, -0.15) is 0 Å². The number of ketones is 2. The number of fused-ring (bicyclic) bond motifs is 3. The summed E-state index contributed by atoms with van der Waals surface area (Å²) in [5, 5.41) is 23.1. The summed E-state index contributed by atoms with van der Waals surface area (Å²) in [5.74, 6) is -0.955. The monoisotopic (exact) mass is 440 g/mol. The SMILES string of the molecule is CC1(C)C(=O)CC[C@@]2(C)C1=C(O)C(=O)[C@]1(C)[C@@H]2[C@@H](O)C[C@@]2(C)[C@H](c3ccoc3)C[C@H]3O[C@]321. The van der Waals surface area contributed by atoms with E-state index < -0.39 is 39.3 Å². The molecule has 2 N–H and O–H groups in total. The number of hydrogen-bond donors (Lipinski definition) is 2. The van der Waals surface area contributed by atoms with Gasteiger partial charge < -0.3 is 19.4 Å². The predicted molar refractivity (Wildman–Crippen MR) is 115 cm³/mol. The Kier molecular flexibility index (Phi) is 3.61. The van der Waals surface area contributed by atoms with Gasteiger partial charge in [0.15, 0.2) is 5.76 Å². The largest absolute Gasteiger partial charge is 0.504 e. The number of carbonyl (C=O) groups is 2. The van der Waals surface area contributed by atoms with Crippen LogP contribution in [0.5, 0.6) is 0 Å². The van der Waals surface area contributed by atoms with E-state index in [4.69, 9.17) is 9.15 Å². The lowest BCUT2D eigenvalue weighted by Gasteiger charge is -2.64. The Morgan fingerprint density at radius 3 is 2.50 bits per heavy atom. The van der Waals surface area contributed by atoms with Crippen LogP contribution in [0.2, 0.25) is 0 Å². The topological polar surface area (TPSA) is 100 Å². The van der Waals surface area contributed by atoms with Crippen LogP contribution in [0, 0.1) is 27.6 Å². The summed E-state index contributed by atoms with van der Waals surface area (Å²) in [6.07, 6.45) is 4.71. The van der Waals surface area contributed by atoms with E-state index in [-0.39, 0.29) is 29.3 Å². The van der Waals surface area contributed by atoms with Gasteiger partial charge in [-0.1, -0.05) is 13.8 Å². The van der Waals surface area contributed by atoms with Crippen LogP contribution in [0.25, 0.3) is 0 Å².